The number of hydrogen-bond donors (Lipinski definition) is 2. The molecule has 0 radical (unpaired) electrons. The summed E-state index contributed by atoms with van der Waals surface area (Å²) in [6.45, 7) is 13.2. The molecule has 1 fully saturated rings. The molecule has 0 aromatic heterocycles. The van der Waals surface area contributed by atoms with E-state index in [4.69, 9.17) is 4.74 Å². The second-order valence-corrected chi connectivity index (χ2v) is 8.08. The van der Waals surface area contributed by atoms with Gasteiger partial charge in [0.25, 0.3) is 0 Å². The summed E-state index contributed by atoms with van der Waals surface area (Å²) < 4.78 is 5.59. The summed E-state index contributed by atoms with van der Waals surface area (Å²) >= 11 is 0. The quantitative estimate of drug-likeness (QED) is 0.894. The lowest BCUT2D eigenvalue weighted by atomic mass is 9.73. The van der Waals surface area contributed by atoms with Crippen LogP contribution in [0, 0.1) is 10.8 Å². The molecule has 1 saturated heterocycles. The minimum absolute atomic E-state index is 0.0865. The number of hydrogen-bond acceptors (Lipinski definition) is 3. The number of benzene rings is 1. The Morgan fingerprint density at radius 3 is 2.64 bits per heavy atom. The van der Waals surface area contributed by atoms with Gasteiger partial charge < -0.3 is 15.2 Å². The van der Waals surface area contributed by atoms with E-state index in [1.807, 2.05) is 0 Å². The van der Waals surface area contributed by atoms with Crippen molar-refractivity contribution in [2.24, 2.45) is 10.8 Å². The normalized spacial score (nSPS) is 27.0. The molecule has 3 nitrogen and oxygen atoms in total. The van der Waals surface area contributed by atoms with E-state index in [0.717, 1.165) is 18.8 Å². The molecule has 1 aliphatic heterocycles. The third-order valence-corrected chi connectivity index (χ3v) is 5.50. The van der Waals surface area contributed by atoms with Gasteiger partial charge in [-0.1, -0.05) is 46.8 Å². The SMILES string of the molecule is COc1ccc(C2CNC[C@@]2(C)CO)cc1C(C)C(C)(C)C. The molecule has 3 heteroatoms. The van der Waals surface area contributed by atoms with E-state index < -0.39 is 0 Å². The Hall–Kier alpha value is -1.06. The molecular weight excluding hydrogens is 274 g/mol. The topological polar surface area (TPSA) is 41.5 Å². The highest BCUT2D eigenvalue weighted by Crippen LogP contribution is 2.43. The summed E-state index contributed by atoms with van der Waals surface area (Å²) in [5, 5.41) is 13.2. The number of methoxy groups -OCH3 is 1. The lowest BCUT2D eigenvalue weighted by molar-refractivity contribution is 0.144. The molecule has 0 saturated carbocycles. The van der Waals surface area contributed by atoms with Gasteiger partial charge in [-0.05, 0) is 28.5 Å². The predicted molar refractivity (Wildman–Crippen MR) is 91.7 cm³/mol. The minimum Gasteiger partial charge on any atom is -0.496 e. The van der Waals surface area contributed by atoms with Gasteiger partial charge in [0.05, 0.1) is 13.7 Å². The Kier molecular flexibility index (Phi) is 4.88. The molecule has 3 atom stereocenters. The largest absolute Gasteiger partial charge is 0.496 e. The van der Waals surface area contributed by atoms with Gasteiger partial charge >= 0.3 is 0 Å². The van der Waals surface area contributed by atoms with E-state index >= 15 is 0 Å². The van der Waals surface area contributed by atoms with Crippen LogP contribution in [0.2, 0.25) is 0 Å². The summed E-state index contributed by atoms with van der Waals surface area (Å²) in [5.41, 5.74) is 2.66. The maximum atomic E-state index is 9.80. The molecule has 2 unspecified atom stereocenters. The molecule has 0 amide bonds. The smallest absolute Gasteiger partial charge is 0.122 e. The van der Waals surface area contributed by atoms with Gasteiger partial charge in [-0.15, -0.1) is 0 Å². The van der Waals surface area contributed by atoms with Gasteiger partial charge in [0.1, 0.15) is 5.75 Å². The highest BCUT2D eigenvalue weighted by molar-refractivity contribution is 5.42. The molecule has 0 spiro atoms. The van der Waals surface area contributed by atoms with Crippen molar-refractivity contribution in [2.45, 2.75) is 46.5 Å². The molecular formula is C19H31NO2. The molecule has 124 valence electrons. The first-order chi connectivity index (χ1) is 10.2. The van der Waals surface area contributed by atoms with Crippen molar-refractivity contribution < 1.29 is 9.84 Å². The van der Waals surface area contributed by atoms with E-state index in [-0.39, 0.29) is 17.4 Å². The summed E-state index contributed by atoms with van der Waals surface area (Å²) in [7, 11) is 1.74. The van der Waals surface area contributed by atoms with Crippen LogP contribution in [0.5, 0.6) is 5.75 Å². The van der Waals surface area contributed by atoms with Crippen LogP contribution >= 0.6 is 0 Å². The second kappa shape index (κ2) is 6.21. The number of ether oxygens (including phenoxy) is 1. The van der Waals surface area contributed by atoms with Gasteiger partial charge in [-0.2, -0.15) is 0 Å². The highest BCUT2D eigenvalue weighted by atomic mass is 16.5. The second-order valence-electron chi connectivity index (χ2n) is 8.08. The Morgan fingerprint density at radius 2 is 2.09 bits per heavy atom. The molecule has 1 aliphatic rings. The fourth-order valence-electron chi connectivity index (χ4n) is 3.33. The van der Waals surface area contributed by atoms with E-state index in [9.17, 15) is 5.11 Å². The van der Waals surface area contributed by atoms with E-state index in [0.29, 0.717) is 11.8 Å². The molecule has 1 aromatic rings. The monoisotopic (exact) mass is 305 g/mol. The third kappa shape index (κ3) is 3.16. The van der Waals surface area contributed by atoms with Gasteiger partial charge in [-0.3, -0.25) is 0 Å². The predicted octanol–water partition coefficient (Wildman–Crippen LogP) is 3.53. The van der Waals surface area contributed by atoms with Gasteiger partial charge in [0, 0.05) is 24.4 Å². The zero-order chi connectivity index (χ0) is 16.5. The van der Waals surface area contributed by atoms with Crippen molar-refractivity contribution in [3.8, 4) is 5.75 Å². The van der Waals surface area contributed by atoms with Gasteiger partial charge in [0.2, 0.25) is 0 Å². The van der Waals surface area contributed by atoms with Crippen LogP contribution in [0.1, 0.15) is 57.6 Å². The third-order valence-electron chi connectivity index (χ3n) is 5.50. The van der Waals surface area contributed by atoms with Crippen LogP contribution in [-0.2, 0) is 0 Å². The zero-order valence-electron chi connectivity index (χ0n) is 14.9. The van der Waals surface area contributed by atoms with Gasteiger partial charge in [-0.25, -0.2) is 0 Å². The van der Waals surface area contributed by atoms with Crippen LogP contribution < -0.4 is 10.1 Å². The summed E-state index contributed by atoms with van der Waals surface area (Å²) in [6, 6.07) is 6.53. The van der Waals surface area contributed by atoms with Crippen LogP contribution in [0.25, 0.3) is 0 Å². The summed E-state index contributed by atoms with van der Waals surface area (Å²) in [4.78, 5) is 0. The molecule has 0 bridgehead atoms. The van der Waals surface area contributed by atoms with Crippen molar-refractivity contribution in [1.29, 1.82) is 0 Å². The molecule has 0 aliphatic carbocycles. The Bertz CT molecular complexity index is 521. The molecule has 1 heterocycles. The first-order valence-electron chi connectivity index (χ1n) is 8.22. The fraction of sp³-hybridized carbons (Fsp3) is 0.684. The first-order valence-corrected chi connectivity index (χ1v) is 8.22. The number of aliphatic hydroxyl groups excluding tert-OH is 1. The van der Waals surface area contributed by atoms with Gasteiger partial charge in [0.15, 0.2) is 0 Å². The van der Waals surface area contributed by atoms with Crippen LogP contribution in [0.3, 0.4) is 0 Å². The van der Waals surface area contributed by atoms with Crippen molar-refractivity contribution in [2.75, 3.05) is 26.8 Å². The summed E-state index contributed by atoms with van der Waals surface area (Å²) in [5.74, 6) is 1.70. The standard InChI is InChI=1S/C19H31NO2/c1-13(18(2,3)4)15-9-14(7-8-17(15)22-6)16-10-20-11-19(16,5)12-21/h7-9,13,16,20-21H,10-12H2,1-6H3/t13?,16?,19-/m0/s1. The molecule has 22 heavy (non-hydrogen) atoms. The number of rotatable bonds is 4. The van der Waals surface area contributed by atoms with Crippen molar-refractivity contribution in [1.82, 2.24) is 5.32 Å². The Labute approximate surface area is 135 Å². The highest BCUT2D eigenvalue weighted by Gasteiger charge is 2.39. The summed E-state index contributed by atoms with van der Waals surface area (Å²) in [6.07, 6.45) is 0. The molecule has 2 rings (SSSR count). The van der Waals surface area contributed by atoms with Crippen LogP contribution in [0.4, 0.5) is 0 Å². The maximum absolute atomic E-state index is 9.80. The lowest BCUT2D eigenvalue weighted by Gasteiger charge is -2.32. The van der Waals surface area contributed by atoms with Crippen LogP contribution in [-0.4, -0.2) is 31.9 Å². The minimum atomic E-state index is -0.0865. The fourth-order valence-corrected chi connectivity index (χ4v) is 3.33. The lowest BCUT2D eigenvalue weighted by Crippen LogP contribution is -2.29. The van der Waals surface area contributed by atoms with Crippen LogP contribution in [0.15, 0.2) is 18.2 Å². The maximum Gasteiger partial charge on any atom is 0.122 e. The molecule has 1 aromatic carbocycles. The van der Waals surface area contributed by atoms with Crippen molar-refractivity contribution in [3.63, 3.8) is 0 Å². The first kappa shape index (κ1) is 17.3. The average molecular weight is 305 g/mol. The van der Waals surface area contributed by atoms with E-state index in [1.165, 1.54) is 11.1 Å². The van der Waals surface area contributed by atoms with Crippen molar-refractivity contribution in [3.05, 3.63) is 29.3 Å². The molecule has 2 N–H and O–H groups in total. The number of nitrogens with one attached hydrogen (secondary N) is 1. The average Bonchev–Trinajstić information content (AvgIpc) is 2.87. The Morgan fingerprint density at radius 1 is 1.41 bits per heavy atom. The zero-order valence-corrected chi connectivity index (χ0v) is 14.9. The Balaban J connectivity index is 2.43. The van der Waals surface area contributed by atoms with E-state index in [2.05, 4.69) is 58.1 Å². The van der Waals surface area contributed by atoms with Crippen molar-refractivity contribution >= 4 is 0 Å². The van der Waals surface area contributed by atoms with E-state index in [1.54, 1.807) is 7.11 Å². The number of aliphatic hydroxyl groups is 1.